The maximum Gasteiger partial charge on any atom is 0.275 e. The van der Waals surface area contributed by atoms with E-state index in [-0.39, 0.29) is 5.91 Å². The SMILES string of the molecule is COc1ccc(NC(=O)c2csc(-c3ccccc3)n2)c(OC)c1. The molecule has 0 spiro atoms. The lowest BCUT2D eigenvalue weighted by atomic mass is 10.2. The van der Waals surface area contributed by atoms with Crippen LogP contribution in [-0.2, 0) is 0 Å². The van der Waals surface area contributed by atoms with Crippen molar-refractivity contribution in [2.75, 3.05) is 19.5 Å². The molecule has 0 saturated heterocycles. The highest BCUT2D eigenvalue weighted by Crippen LogP contribution is 2.30. The summed E-state index contributed by atoms with van der Waals surface area (Å²) in [5.41, 5.74) is 1.93. The summed E-state index contributed by atoms with van der Waals surface area (Å²) in [6.45, 7) is 0. The van der Waals surface area contributed by atoms with Crippen molar-refractivity contribution in [1.82, 2.24) is 4.98 Å². The van der Waals surface area contributed by atoms with Crippen molar-refractivity contribution in [2.45, 2.75) is 0 Å². The van der Waals surface area contributed by atoms with Crippen LogP contribution < -0.4 is 14.8 Å². The molecule has 0 unspecified atom stereocenters. The second-order valence-corrected chi connectivity index (χ2v) is 5.78. The van der Waals surface area contributed by atoms with E-state index in [0.717, 1.165) is 10.6 Å². The zero-order valence-electron chi connectivity index (χ0n) is 13.3. The Morgan fingerprint density at radius 3 is 2.58 bits per heavy atom. The Labute approximate surface area is 143 Å². The van der Waals surface area contributed by atoms with Gasteiger partial charge in [0.05, 0.1) is 19.9 Å². The Morgan fingerprint density at radius 1 is 1.08 bits per heavy atom. The summed E-state index contributed by atoms with van der Waals surface area (Å²) in [7, 11) is 3.12. The summed E-state index contributed by atoms with van der Waals surface area (Å²) in [6, 6.07) is 15.0. The average molecular weight is 340 g/mol. The number of hydrogen-bond acceptors (Lipinski definition) is 5. The molecule has 0 saturated carbocycles. The Kier molecular flexibility index (Phi) is 4.77. The van der Waals surface area contributed by atoms with Crippen molar-refractivity contribution in [3.8, 4) is 22.1 Å². The van der Waals surface area contributed by atoms with E-state index in [4.69, 9.17) is 9.47 Å². The molecule has 1 heterocycles. The van der Waals surface area contributed by atoms with Crippen LogP contribution in [0, 0.1) is 0 Å². The van der Waals surface area contributed by atoms with Crippen LogP contribution in [0.25, 0.3) is 10.6 Å². The molecule has 122 valence electrons. The van der Waals surface area contributed by atoms with Gasteiger partial charge in [0.15, 0.2) is 0 Å². The molecule has 1 N–H and O–H groups in total. The molecule has 0 bridgehead atoms. The van der Waals surface area contributed by atoms with E-state index in [0.29, 0.717) is 22.9 Å². The third kappa shape index (κ3) is 3.38. The van der Waals surface area contributed by atoms with E-state index in [1.54, 1.807) is 37.8 Å². The van der Waals surface area contributed by atoms with Gasteiger partial charge >= 0.3 is 0 Å². The molecule has 1 amide bonds. The summed E-state index contributed by atoms with van der Waals surface area (Å²) < 4.78 is 10.4. The highest BCUT2D eigenvalue weighted by molar-refractivity contribution is 7.13. The average Bonchev–Trinajstić information content (AvgIpc) is 3.13. The largest absolute Gasteiger partial charge is 0.497 e. The number of nitrogens with one attached hydrogen (secondary N) is 1. The van der Waals surface area contributed by atoms with Gasteiger partial charge in [-0.05, 0) is 12.1 Å². The molecule has 0 aliphatic carbocycles. The monoisotopic (exact) mass is 340 g/mol. The van der Waals surface area contributed by atoms with Gasteiger partial charge in [-0.25, -0.2) is 4.98 Å². The molecule has 0 aliphatic heterocycles. The van der Waals surface area contributed by atoms with Crippen LogP contribution in [0.1, 0.15) is 10.5 Å². The van der Waals surface area contributed by atoms with E-state index >= 15 is 0 Å². The van der Waals surface area contributed by atoms with E-state index in [1.807, 2.05) is 30.3 Å². The number of carbonyl (C=O) groups is 1. The Morgan fingerprint density at radius 2 is 1.88 bits per heavy atom. The summed E-state index contributed by atoms with van der Waals surface area (Å²) in [4.78, 5) is 16.8. The summed E-state index contributed by atoms with van der Waals surface area (Å²) in [6.07, 6.45) is 0. The quantitative estimate of drug-likeness (QED) is 0.760. The van der Waals surface area contributed by atoms with Crippen LogP contribution in [0.3, 0.4) is 0 Å². The van der Waals surface area contributed by atoms with Gasteiger partial charge in [-0.15, -0.1) is 11.3 Å². The molecule has 5 nitrogen and oxygen atoms in total. The number of thiazole rings is 1. The number of carbonyl (C=O) groups excluding carboxylic acids is 1. The van der Waals surface area contributed by atoms with Gasteiger partial charge in [-0.3, -0.25) is 4.79 Å². The Bertz CT molecular complexity index is 846. The molecule has 0 aliphatic rings. The molecule has 0 atom stereocenters. The Hall–Kier alpha value is -2.86. The third-order valence-corrected chi connectivity index (χ3v) is 4.31. The van der Waals surface area contributed by atoms with Crippen LogP contribution in [-0.4, -0.2) is 25.1 Å². The predicted molar refractivity (Wildman–Crippen MR) is 95.0 cm³/mol. The van der Waals surface area contributed by atoms with Crippen molar-refractivity contribution in [1.29, 1.82) is 0 Å². The second kappa shape index (κ2) is 7.14. The van der Waals surface area contributed by atoms with Crippen molar-refractivity contribution < 1.29 is 14.3 Å². The third-order valence-electron chi connectivity index (χ3n) is 3.41. The molecular weight excluding hydrogens is 324 g/mol. The van der Waals surface area contributed by atoms with Crippen molar-refractivity contribution in [3.63, 3.8) is 0 Å². The van der Waals surface area contributed by atoms with Crippen LogP contribution >= 0.6 is 11.3 Å². The van der Waals surface area contributed by atoms with Gasteiger partial charge in [-0.1, -0.05) is 30.3 Å². The summed E-state index contributed by atoms with van der Waals surface area (Å²) in [5.74, 6) is 0.906. The van der Waals surface area contributed by atoms with E-state index in [9.17, 15) is 4.79 Å². The number of nitrogens with zero attached hydrogens (tertiary/aromatic N) is 1. The lowest BCUT2D eigenvalue weighted by Crippen LogP contribution is -2.13. The minimum Gasteiger partial charge on any atom is -0.497 e. The Balaban J connectivity index is 1.80. The lowest BCUT2D eigenvalue weighted by Gasteiger charge is -2.10. The number of anilines is 1. The van der Waals surface area contributed by atoms with Crippen molar-refractivity contribution in [2.24, 2.45) is 0 Å². The molecule has 3 aromatic rings. The van der Waals surface area contributed by atoms with E-state index < -0.39 is 0 Å². The molecule has 0 radical (unpaired) electrons. The van der Waals surface area contributed by atoms with Gasteiger partial charge in [0, 0.05) is 17.0 Å². The first-order chi connectivity index (χ1) is 11.7. The first-order valence-electron chi connectivity index (χ1n) is 7.25. The van der Waals surface area contributed by atoms with Crippen molar-refractivity contribution >= 4 is 22.9 Å². The maximum absolute atomic E-state index is 12.4. The van der Waals surface area contributed by atoms with E-state index in [1.165, 1.54) is 11.3 Å². The van der Waals surface area contributed by atoms with Gasteiger partial charge in [0.1, 0.15) is 22.2 Å². The standard InChI is InChI=1S/C18H16N2O3S/c1-22-13-8-9-14(16(10-13)23-2)19-17(21)15-11-24-18(20-15)12-6-4-3-5-7-12/h3-11H,1-2H3,(H,19,21). The first-order valence-corrected chi connectivity index (χ1v) is 8.13. The molecule has 1 aromatic heterocycles. The minimum absolute atomic E-state index is 0.281. The van der Waals surface area contributed by atoms with Crippen LogP contribution in [0.15, 0.2) is 53.9 Å². The topological polar surface area (TPSA) is 60.5 Å². The zero-order valence-corrected chi connectivity index (χ0v) is 14.1. The fraction of sp³-hybridized carbons (Fsp3) is 0.111. The van der Waals surface area contributed by atoms with E-state index in [2.05, 4.69) is 10.3 Å². The van der Waals surface area contributed by atoms with Crippen LogP contribution in [0.4, 0.5) is 5.69 Å². The van der Waals surface area contributed by atoms with Gasteiger partial charge in [0.2, 0.25) is 0 Å². The highest BCUT2D eigenvalue weighted by Gasteiger charge is 2.14. The molecular formula is C18H16N2O3S. The summed E-state index contributed by atoms with van der Waals surface area (Å²) >= 11 is 1.43. The molecule has 0 fully saturated rings. The minimum atomic E-state index is -0.281. The van der Waals surface area contributed by atoms with Crippen molar-refractivity contribution in [3.05, 3.63) is 59.6 Å². The number of ether oxygens (including phenoxy) is 2. The maximum atomic E-state index is 12.4. The first kappa shape index (κ1) is 16.0. The van der Waals surface area contributed by atoms with Gasteiger partial charge in [0.25, 0.3) is 5.91 Å². The number of amides is 1. The molecule has 6 heteroatoms. The van der Waals surface area contributed by atoms with Crippen LogP contribution in [0.5, 0.6) is 11.5 Å². The fourth-order valence-corrected chi connectivity index (χ4v) is 2.99. The second-order valence-electron chi connectivity index (χ2n) is 4.92. The van der Waals surface area contributed by atoms with Gasteiger partial charge in [-0.2, -0.15) is 0 Å². The number of rotatable bonds is 5. The lowest BCUT2D eigenvalue weighted by molar-refractivity contribution is 0.102. The molecule has 2 aromatic carbocycles. The molecule has 3 rings (SSSR count). The number of aromatic nitrogens is 1. The molecule has 24 heavy (non-hydrogen) atoms. The number of hydrogen-bond donors (Lipinski definition) is 1. The smallest absolute Gasteiger partial charge is 0.275 e. The normalized spacial score (nSPS) is 10.2. The fourth-order valence-electron chi connectivity index (χ4n) is 2.18. The highest BCUT2D eigenvalue weighted by atomic mass is 32.1. The predicted octanol–water partition coefficient (Wildman–Crippen LogP) is 4.08. The van der Waals surface area contributed by atoms with Gasteiger partial charge < -0.3 is 14.8 Å². The number of methoxy groups -OCH3 is 2. The summed E-state index contributed by atoms with van der Waals surface area (Å²) in [5, 5.41) is 5.37. The zero-order chi connectivity index (χ0) is 16.9. The number of benzene rings is 2. The van der Waals surface area contributed by atoms with Crippen LogP contribution in [0.2, 0.25) is 0 Å².